The van der Waals surface area contributed by atoms with Gasteiger partial charge in [0.15, 0.2) is 0 Å². The van der Waals surface area contributed by atoms with E-state index in [0.29, 0.717) is 21.4 Å². The molecule has 2 amide bonds. The second-order valence-electron chi connectivity index (χ2n) is 9.56. The van der Waals surface area contributed by atoms with Gasteiger partial charge in [0, 0.05) is 40.7 Å². The Morgan fingerprint density at radius 1 is 0.950 bits per heavy atom. The van der Waals surface area contributed by atoms with Crippen molar-refractivity contribution in [1.82, 2.24) is 10.2 Å². The average molecular weight is 607 g/mol. The molecule has 1 N–H and O–H groups in total. The molecule has 3 aromatic rings. The highest BCUT2D eigenvalue weighted by molar-refractivity contribution is 7.92. The zero-order valence-corrected chi connectivity index (χ0v) is 25.1. The SMILES string of the molecule is COc1cccc(N(CC(=O)N(Cc2c(Cl)cccc2Cl)[C@H](Cc2ccccc2)C(=O)NC(C)C)S(C)(=O)=O)c1. The van der Waals surface area contributed by atoms with Crippen LogP contribution in [0.2, 0.25) is 10.0 Å². The van der Waals surface area contributed by atoms with Crippen molar-refractivity contribution in [3.8, 4) is 5.75 Å². The molecule has 0 radical (unpaired) electrons. The third-order valence-corrected chi connectivity index (χ3v) is 7.96. The van der Waals surface area contributed by atoms with E-state index >= 15 is 0 Å². The molecule has 40 heavy (non-hydrogen) atoms. The molecular weight excluding hydrogens is 573 g/mol. The van der Waals surface area contributed by atoms with E-state index < -0.39 is 28.5 Å². The normalized spacial score (nSPS) is 12.1. The molecule has 0 spiro atoms. The van der Waals surface area contributed by atoms with Crippen LogP contribution < -0.4 is 14.4 Å². The minimum atomic E-state index is -3.91. The number of ether oxygens (including phenoxy) is 1. The van der Waals surface area contributed by atoms with Crippen molar-refractivity contribution in [3.63, 3.8) is 0 Å². The van der Waals surface area contributed by atoms with Crippen LogP contribution in [0.15, 0.2) is 72.8 Å². The number of rotatable bonds is 12. The molecular formula is C29H33Cl2N3O5S. The number of carbonyl (C=O) groups is 2. The lowest BCUT2D eigenvalue weighted by molar-refractivity contribution is -0.140. The summed E-state index contributed by atoms with van der Waals surface area (Å²) in [5.74, 6) is -0.566. The number of nitrogens with one attached hydrogen (secondary N) is 1. The molecule has 0 saturated carbocycles. The summed E-state index contributed by atoms with van der Waals surface area (Å²) >= 11 is 12.9. The lowest BCUT2D eigenvalue weighted by Crippen LogP contribution is -2.54. The molecule has 214 valence electrons. The second kappa shape index (κ2) is 13.9. The number of halogens is 2. The summed E-state index contributed by atoms with van der Waals surface area (Å²) in [5.41, 5.74) is 1.52. The first kappa shape index (κ1) is 31.3. The van der Waals surface area contributed by atoms with Gasteiger partial charge in [-0.15, -0.1) is 0 Å². The largest absolute Gasteiger partial charge is 0.497 e. The van der Waals surface area contributed by atoms with Gasteiger partial charge in [0.2, 0.25) is 21.8 Å². The third-order valence-electron chi connectivity index (χ3n) is 6.11. The Morgan fingerprint density at radius 2 is 1.57 bits per heavy atom. The van der Waals surface area contributed by atoms with Crippen molar-refractivity contribution in [2.45, 2.75) is 38.9 Å². The third kappa shape index (κ3) is 8.36. The van der Waals surface area contributed by atoms with Gasteiger partial charge in [-0.2, -0.15) is 0 Å². The maximum absolute atomic E-state index is 14.1. The smallest absolute Gasteiger partial charge is 0.244 e. The Bertz CT molecular complexity index is 1410. The standard InChI is InChI=1S/C29H33Cl2N3O5S/c1-20(2)32-29(36)27(16-21-10-6-5-7-11-21)33(18-24-25(30)14-9-15-26(24)31)28(35)19-34(40(4,37)38)22-12-8-13-23(17-22)39-3/h5-15,17,20,27H,16,18-19H2,1-4H3,(H,32,36)/t27-/m1/s1. The summed E-state index contributed by atoms with van der Waals surface area (Å²) < 4.78 is 32.0. The minimum Gasteiger partial charge on any atom is -0.497 e. The van der Waals surface area contributed by atoms with Crippen molar-refractivity contribution in [1.29, 1.82) is 0 Å². The van der Waals surface area contributed by atoms with E-state index in [1.807, 2.05) is 44.2 Å². The highest BCUT2D eigenvalue weighted by Crippen LogP contribution is 2.28. The molecule has 0 fully saturated rings. The Kier molecular flexibility index (Phi) is 10.8. The molecule has 0 aliphatic rings. The number of hydrogen-bond acceptors (Lipinski definition) is 5. The molecule has 0 unspecified atom stereocenters. The first-order chi connectivity index (χ1) is 18.9. The van der Waals surface area contributed by atoms with Crippen LogP contribution in [0.4, 0.5) is 5.69 Å². The maximum atomic E-state index is 14.1. The fourth-order valence-electron chi connectivity index (χ4n) is 4.17. The number of methoxy groups -OCH3 is 1. The maximum Gasteiger partial charge on any atom is 0.244 e. The molecule has 3 rings (SSSR count). The quantitative estimate of drug-likeness (QED) is 0.316. The molecule has 0 bridgehead atoms. The van der Waals surface area contributed by atoms with Gasteiger partial charge in [-0.05, 0) is 43.7 Å². The van der Waals surface area contributed by atoms with Gasteiger partial charge in [0.25, 0.3) is 0 Å². The Balaban J connectivity index is 2.11. The van der Waals surface area contributed by atoms with Gasteiger partial charge < -0.3 is 15.0 Å². The summed E-state index contributed by atoms with van der Waals surface area (Å²) in [5, 5.41) is 3.54. The van der Waals surface area contributed by atoms with Crippen molar-refractivity contribution < 1.29 is 22.7 Å². The highest BCUT2D eigenvalue weighted by Gasteiger charge is 2.34. The zero-order chi connectivity index (χ0) is 29.4. The molecule has 11 heteroatoms. The molecule has 8 nitrogen and oxygen atoms in total. The van der Waals surface area contributed by atoms with Crippen molar-refractivity contribution in [2.24, 2.45) is 0 Å². The summed E-state index contributed by atoms with van der Waals surface area (Å²) in [4.78, 5) is 29.0. The molecule has 3 aromatic carbocycles. The topological polar surface area (TPSA) is 96.0 Å². The van der Waals surface area contributed by atoms with E-state index in [9.17, 15) is 18.0 Å². The predicted molar refractivity (Wildman–Crippen MR) is 159 cm³/mol. The number of amides is 2. The van der Waals surface area contributed by atoms with Crippen LogP contribution in [-0.2, 0) is 32.6 Å². The highest BCUT2D eigenvalue weighted by atomic mass is 35.5. The predicted octanol–water partition coefficient (Wildman–Crippen LogP) is 4.93. The van der Waals surface area contributed by atoms with Crippen LogP contribution in [0.5, 0.6) is 5.75 Å². The number of sulfonamides is 1. The van der Waals surface area contributed by atoms with E-state index in [4.69, 9.17) is 27.9 Å². The van der Waals surface area contributed by atoms with E-state index in [-0.39, 0.29) is 30.6 Å². The monoisotopic (exact) mass is 605 g/mol. The molecule has 0 aliphatic carbocycles. The fraction of sp³-hybridized carbons (Fsp3) is 0.310. The molecule has 0 aromatic heterocycles. The Labute approximate surface area is 245 Å². The molecule has 0 aliphatic heterocycles. The van der Waals surface area contributed by atoms with E-state index in [1.165, 1.54) is 18.1 Å². The fourth-order valence-corrected chi connectivity index (χ4v) is 5.53. The number of hydrogen-bond donors (Lipinski definition) is 1. The van der Waals surface area contributed by atoms with Crippen molar-refractivity contribution >= 4 is 50.7 Å². The van der Waals surface area contributed by atoms with E-state index in [0.717, 1.165) is 16.1 Å². The van der Waals surface area contributed by atoms with Gasteiger partial charge >= 0.3 is 0 Å². The Hall–Kier alpha value is -3.27. The van der Waals surface area contributed by atoms with Crippen LogP contribution in [-0.4, -0.2) is 57.1 Å². The van der Waals surface area contributed by atoms with Gasteiger partial charge in [0.1, 0.15) is 18.3 Å². The lowest BCUT2D eigenvalue weighted by Gasteiger charge is -2.34. The second-order valence-corrected chi connectivity index (χ2v) is 12.3. The Morgan fingerprint density at radius 3 is 2.15 bits per heavy atom. The van der Waals surface area contributed by atoms with Crippen LogP contribution in [0.25, 0.3) is 0 Å². The minimum absolute atomic E-state index is 0.115. The first-order valence-corrected chi connectivity index (χ1v) is 15.2. The zero-order valence-electron chi connectivity index (χ0n) is 22.8. The van der Waals surface area contributed by atoms with Gasteiger partial charge in [0.05, 0.1) is 19.1 Å². The molecule has 0 heterocycles. The van der Waals surface area contributed by atoms with Crippen LogP contribution >= 0.6 is 23.2 Å². The van der Waals surface area contributed by atoms with Crippen LogP contribution in [0, 0.1) is 0 Å². The number of carbonyl (C=O) groups excluding carboxylic acids is 2. The van der Waals surface area contributed by atoms with Crippen molar-refractivity contribution in [3.05, 3.63) is 94.0 Å². The van der Waals surface area contributed by atoms with Crippen LogP contribution in [0.3, 0.4) is 0 Å². The van der Waals surface area contributed by atoms with Gasteiger partial charge in [-0.25, -0.2) is 8.42 Å². The van der Waals surface area contributed by atoms with Crippen molar-refractivity contribution in [2.75, 3.05) is 24.2 Å². The summed E-state index contributed by atoms with van der Waals surface area (Å²) in [6.45, 7) is 2.97. The number of nitrogens with zero attached hydrogens (tertiary/aromatic N) is 2. The average Bonchev–Trinajstić information content (AvgIpc) is 2.90. The van der Waals surface area contributed by atoms with Gasteiger partial charge in [-0.3, -0.25) is 13.9 Å². The van der Waals surface area contributed by atoms with Gasteiger partial charge in [-0.1, -0.05) is 65.7 Å². The van der Waals surface area contributed by atoms with E-state index in [1.54, 1.807) is 36.4 Å². The summed E-state index contributed by atoms with van der Waals surface area (Å²) in [7, 11) is -2.44. The first-order valence-electron chi connectivity index (χ1n) is 12.6. The van der Waals surface area contributed by atoms with Crippen LogP contribution in [0.1, 0.15) is 25.0 Å². The molecule has 0 saturated heterocycles. The van der Waals surface area contributed by atoms with E-state index in [2.05, 4.69) is 5.32 Å². The molecule has 1 atom stereocenters. The summed E-state index contributed by atoms with van der Waals surface area (Å²) in [6, 6.07) is 19.4. The number of anilines is 1. The number of benzene rings is 3. The lowest BCUT2D eigenvalue weighted by atomic mass is 10.0. The summed E-state index contributed by atoms with van der Waals surface area (Å²) in [6.07, 6.45) is 1.20.